The predicted molar refractivity (Wildman–Crippen MR) is 82.3 cm³/mol. The van der Waals surface area contributed by atoms with Crippen molar-refractivity contribution in [3.05, 3.63) is 47.0 Å². The van der Waals surface area contributed by atoms with Crippen LogP contribution in [-0.4, -0.2) is 18.3 Å². The van der Waals surface area contributed by atoms with E-state index in [1.807, 2.05) is 38.1 Å². The first-order valence-corrected chi connectivity index (χ1v) is 7.06. The first-order valence-electron chi connectivity index (χ1n) is 7.06. The van der Waals surface area contributed by atoms with Crippen molar-refractivity contribution in [3.63, 3.8) is 0 Å². The van der Waals surface area contributed by atoms with Crippen molar-refractivity contribution >= 4 is 5.69 Å². The van der Waals surface area contributed by atoms with Crippen LogP contribution in [0.2, 0.25) is 0 Å². The number of hydrogen-bond donors (Lipinski definition) is 2. The third-order valence-corrected chi connectivity index (χ3v) is 3.63. The number of benzene rings is 2. The Bertz CT molecular complexity index is 667. The van der Waals surface area contributed by atoms with Gasteiger partial charge in [-0.3, -0.25) is 0 Å². The number of aryl methyl sites for hydroxylation is 2. The van der Waals surface area contributed by atoms with Gasteiger partial charge in [-0.25, -0.2) is 0 Å². The summed E-state index contributed by atoms with van der Waals surface area (Å²) in [5.41, 5.74) is 4.05. The van der Waals surface area contributed by atoms with Crippen LogP contribution in [-0.2, 0) is 6.54 Å². The molecule has 2 N–H and O–H groups in total. The minimum Gasteiger partial charge on any atom is -0.508 e. The summed E-state index contributed by atoms with van der Waals surface area (Å²) in [6, 6.07) is 9.72. The lowest BCUT2D eigenvalue weighted by Crippen LogP contribution is -2.15. The predicted octanol–water partition coefficient (Wildman–Crippen LogP) is 3.39. The molecule has 4 nitrogen and oxygen atoms in total. The number of phenols is 1. The highest BCUT2D eigenvalue weighted by Gasteiger charge is 2.11. The Morgan fingerprint density at radius 1 is 1.00 bits per heavy atom. The van der Waals surface area contributed by atoms with E-state index in [4.69, 9.17) is 9.47 Å². The fraction of sp³-hybridized carbons (Fsp3) is 0.294. The van der Waals surface area contributed by atoms with Gasteiger partial charge >= 0.3 is 0 Å². The Hall–Kier alpha value is -2.36. The zero-order valence-corrected chi connectivity index (χ0v) is 12.3. The Kier molecular flexibility index (Phi) is 3.60. The standard InChI is InChI=1S/C17H19NO3/c1-11-8-15(19)12(2)7-14(11)18-10-13-3-4-16-17(9-13)21-6-5-20-16/h3-4,7-9,18-19H,5-6,10H2,1-2H3. The highest BCUT2D eigenvalue weighted by Crippen LogP contribution is 2.31. The van der Waals surface area contributed by atoms with Crippen LogP contribution in [0.25, 0.3) is 0 Å². The van der Waals surface area contributed by atoms with Gasteiger partial charge in [-0.15, -0.1) is 0 Å². The van der Waals surface area contributed by atoms with E-state index in [-0.39, 0.29) is 0 Å². The van der Waals surface area contributed by atoms with Crippen LogP contribution < -0.4 is 14.8 Å². The molecular weight excluding hydrogens is 266 g/mol. The molecule has 0 bridgehead atoms. The van der Waals surface area contributed by atoms with Gasteiger partial charge < -0.3 is 19.9 Å². The Morgan fingerprint density at radius 3 is 2.57 bits per heavy atom. The average Bonchev–Trinajstić information content (AvgIpc) is 2.49. The maximum absolute atomic E-state index is 9.68. The maximum Gasteiger partial charge on any atom is 0.161 e. The molecule has 0 saturated carbocycles. The van der Waals surface area contributed by atoms with E-state index in [1.54, 1.807) is 6.07 Å². The van der Waals surface area contributed by atoms with Crippen molar-refractivity contribution in [2.75, 3.05) is 18.5 Å². The molecule has 0 amide bonds. The fourth-order valence-electron chi connectivity index (χ4n) is 2.39. The molecular formula is C17H19NO3. The van der Waals surface area contributed by atoms with Crippen molar-refractivity contribution in [1.82, 2.24) is 0 Å². The highest BCUT2D eigenvalue weighted by molar-refractivity contribution is 5.57. The number of hydrogen-bond acceptors (Lipinski definition) is 4. The summed E-state index contributed by atoms with van der Waals surface area (Å²) >= 11 is 0. The summed E-state index contributed by atoms with van der Waals surface area (Å²) in [6.07, 6.45) is 0. The third kappa shape index (κ3) is 2.89. The zero-order chi connectivity index (χ0) is 14.8. The summed E-state index contributed by atoms with van der Waals surface area (Å²) in [4.78, 5) is 0. The van der Waals surface area contributed by atoms with E-state index in [0.29, 0.717) is 25.5 Å². The van der Waals surface area contributed by atoms with E-state index < -0.39 is 0 Å². The number of rotatable bonds is 3. The number of anilines is 1. The largest absolute Gasteiger partial charge is 0.508 e. The average molecular weight is 285 g/mol. The molecule has 0 spiro atoms. The Morgan fingerprint density at radius 2 is 1.76 bits per heavy atom. The molecule has 2 aromatic rings. The minimum absolute atomic E-state index is 0.331. The molecule has 0 saturated heterocycles. The van der Waals surface area contributed by atoms with Crippen LogP contribution in [0.4, 0.5) is 5.69 Å². The molecule has 3 rings (SSSR count). The van der Waals surface area contributed by atoms with Crippen LogP contribution in [0.5, 0.6) is 17.2 Å². The van der Waals surface area contributed by atoms with Gasteiger partial charge in [0.05, 0.1) is 0 Å². The molecule has 0 unspecified atom stereocenters. The highest BCUT2D eigenvalue weighted by atomic mass is 16.6. The van der Waals surface area contributed by atoms with Gasteiger partial charge in [0, 0.05) is 12.2 Å². The number of ether oxygens (including phenoxy) is 2. The van der Waals surface area contributed by atoms with E-state index in [9.17, 15) is 5.11 Å². The molecule has 0 aliphatic carbocycles. The number of nitrogens with one attached hydrogen (secondary N) is 1. The monoisotopic (exact) mass is 285 g/mol. The fourth-order valence-corrected chi connectivity index (χ4v) is 2.39. The summed E-state index contributed by atoms with van der Waals surface area (Å²) < 4.78 is 11.1. The smallest absolute Gasteiger partial charge is 0.161 e. The molecule has 2 aromatic carbocycles. The number of fused-ring (bicyclic) bond motifs is 1. The molecule has 1 aliphatic rings. The summed E-state index contributed by atoms with van der Waals surface area (Å²) in [6.45, 7) is 5.77. The molecule has 21 heavy (non-hydrogen) atoms. The van der Waals surface area contributed by atoms with Crippen molar-refractivity contribution < 1.29 is 14.6 Å². The van der Waals surface area contributed by atoms with Gasteiger partial charge in [0.15, 0.2) is 11.5 Å². The van der Waals surface area contributed by atoms with Gasteiger partial charge in [0.1, 0.15) is 19.0 Å². The van der Waals surface area contributed by atoms with Crippen LogP contribution >= 0.6 is 0 Å². The second kappa shape index (κ2) is 5.56. The van der Waals surface area contributed by atoms with Crippen molar-refractivity contribution in [2.24, 2.45) is 0 Å². The minimum atomic E-state index is 0.331. The summed E-state index contributed by atoms with van der Waals surface area (Å²) in [5, 5.41) is 13.1. The van der Waals surface area contributed by atoms with Crippen LogP contribution in [0.1, 0.15) is 16.7 Å². The molecule has 0 fully saturated rings. The van der Waals surface area contributed by atoms with E-state index >= 15 is 0 Å². The van der Waals surface area contributed by atoms with Crippen molar-refractivity contribution in [1.29, 1.82) is 0 Å². The first-order chi connectivity index (χ1) is 10.1. The van der Waals surface area contributed by atoms with Crippen LogP contribution in [0, 0.1) is 13.8 Å². The lowest BCUT2D eigenvalue weighted by molar-refractivity contribution is 0.171. The first kappa shape index (κ1) is 13.6. The Balaban J connectivity index is 1.74. The zero-order valence-electron chi connectivity index (χ0n) is 12.3. The topological polar surface area (TPSA) is 50.7 Å². The van der Waals surface area contributed by atoms with Gasteiger partial charge in [0.2, 0.25) is 0 Å². The molecule has 1 aliphatic heterocycles. The van der Waals surface area contributed by atoms with Gasteiger partial charge in [0.25, 0.3) is 0 Å². The van der Waals surface area contributed by atoms with Crippen molar-refractivity contribution in [3.8, 4) is 17.2 Å². The molecule has 4 heteroatoms. The molecule has 0 radical (unpaired) electrons. The second-order valence-corrected chi connectivity index (χ2v) is 5.29. The van der Waals surface area contributed by atoms with Gasteiger partial charge in [-0.2, -0.15) is 0 Å². The van der Waals surface area contributed by atoms with Gasteiger partial charge in [-0.05, 0) is 54.8 Å². The normalized spacial score (nSPS) is 13.0. The number of aromatic hydroxyl groups is 1. The van der Waals surface area contributed by atoms with Crippen LogP contribution in [0.3, 0.4) is 0 Å². The lowest BCUT2D eigenvalue weighted by atomic mass is 10.1. The second-order valence-electron chi connectivity index (χ2n) is 5.29. The Labute approximate surface area is 124 Å². The van der Waals surface area contributed by atoms with E-state index in [0.717, 1.165) is 33.9 Å². The summed E-state index contributed by atoms with van der Waals surface area (Å²) in [5.74, 6) is 1.94. The van der Waals surface area contributed by atoms with E-state index in [2.05, 4.69) is 5.32 Å². The number of phenolic OH excluding ortho intramolecular Hbond substituents is 1. The third-order valence-electron chi connectivity index (χ3n) is 3.63. The van der Waals surface area contributed by atoms with Gasteiger partial charge in [-0.1, -0.05) is 6.07 Å². The maximum atomic E-state index is 9.68. The van der Waals surface area contributed by atoms with Crippen LogP contribution in [0.15, 0.2) is 30.3 Å². The van der Waals surface area contributed by atoms with Crippen molar-refractivity contribution in [2.45, 2.75) is 20.4 Å². The molecule has 1 heterocycles. The summed E-state index contributed by atoms with van der Waals surface area (Å²) in [7, 11) is 0. The molecule has 0 atom stereocenters. The quantitative estimate of drug-likeness (QED) is 0.849. The lowest BCUT2D eigenvalue weighted by Gasteiger charge is -2.19. The molecule has 110 valence electrons. The SMILES string of the molecule is Cc1cc(NCc2ccc3c(c2)OCCO3)c(C)cc1O. The molecule has 0 aromatic heterocycles. The van der Waals surface area contributed by atoms with E-state index in [1.165, 1.54) is 0 Å².